The number of anilines is 1. The number of ether oxygens (including phenoxy) is 1. The molecule has 0 spiro atoms. The third kappa shape index (κ3) is 4.15. The van der Waals surface area contributed by atoms with Gasteiger partial charge in [-0.05, 0) is 55.5 Å². The van der Waals surface area contributed by atoms with E-state index in [-0.39, 0.29) is 11.9 Å². The molecule has 1 aliphatic carbocycles. The molecule has 24 heavy (non-hydrogen) atoms. The molecule has 0 radical (unpaired) electrons. The Balaban J connectivity index is 1.49. The highest BCUT2D eigenvalue weighted by atomic mass is 16.5. The first kappa shape index (κ1) is 17.0. The van der Waals surface area contributed by atoms with Crippen LogP contribution >= 0.6 is 0 Å². The van der Waals surface area contributed by atoms with Crippen LogP contribution < -0.4 is 5.32 Å². The van der Waals surface area contributed by atoms with E-state index in [2.05, 4.69) is 15.0 Å². The highest BCUT2D eigenvalue weighted by Crippen LogP contribution is 2.35. The first-order valence-electron chi connectivity index (χ1n) is 8.86. The van der Waals surface area contributed by atoms with E-state index in [1.165, 1.54) is 39.2 Å². The molecule has 1 saturated carbocycles. The lowest BCUT2D eigenvalue weighted by Gasteiger charge is -2.41. The molecule has 0 aromatic heterocycles. The van der Waals surface area contributed by atoms with Gasteiger partial charge < -0.3 is 10.1 Å². The standard InChI is InChI=1S/C19H26N2O3/c1-24-19(23)15-6-8-17(9-7-15)20-18(22)13-21-11-10-14-4-2-3-5-16(14)12-21/h6-9,14,16H,2-5,10-13H2,1H3,(H,20,22)/t14-,16+/m0/s1. The number of carbonyl (C=O) groups is 2. The van der Waals surface area contributed by atoms with Crippen molar-refractivity contribution in [1.29, 1.82) is 0 Å². The molecule has 5 nitrogen and oxygen atoms in total. The van der Waals surface area contributed by atoms with Crippen LogP contribution in [0, 0.1) is 11.8 Å². The molecule has 130 valence electrons. The first-order valence-corrected chi connectivity index (χ1v) is 8.86. The van der Waals surface area contributed by atoms with Crippen LogP contribution in [0.4, 0.5) is 5.69 Å². The predicted molar refractivity (Wildman–Crippen MR) is 92.9 cm³/mol. The van der Waals surface area contributed by atoms with Crippen molar-refractivity contribution in [3.05, 3.63) is 29.8 Å². The lowest BCUT2D eigenvalue weighted by atomic mass is 9.75. The number of carbonyl (C=O) groups excluding carboxylic acids is 2. The normalized spacial score (nSPS) is 24.0. The van der Waals surface area contributed by atoms with Crippen LogP contribution in [0.5, 0.6) is 0 Å². The topological polar surface area (TPSA) is 58.6 Å². The number of likely N-dealkylation sites (tertiary alicyclic amines) is 1. The Bertz CT molecular complexity index is 585. The number of hydrogen-bond donors (Lipinski definition) is 1. The van der Waals surface area contributed by atoms with Crippen molar-refractivity contribution in [2.24, 2.45) is 11.8 Å². The van der Waals surface area contributed by atoms with E-state index in [1.807, 2.05) is 0 Å². The maximum absolute atomic E-state index is 12.3. The van der Waals surface area contributed by atoms with E-state index in [1.54, 1.807) is 24.3 Å². The first-order chi connectivity index (χ1) is 11.7. The summed E-state index contributed by atoms with van der Waals surface area (Å²) in [5.74, 6) is 1.29. The van der Waals surface area contributed by atoms with E-state index in [9.17, 15) is 9.59 Å². The summed E-state index contributed by atoms with van der Waals surface area (Å²) in [5.41, 5.74) is 1.19. The highest BCUT2D eigenvalue weighted by Gasteiger charge is 2.31. The molecule has 0 unspecified atom stereocenters. The average molecular weight is 330 g/mol. The van der Waals surface area contributed by atoms with Crippen molar-refractivity contribution in [1.82, 2.24) is 4.90 Å². The van der Waals surface area contributed by atoms with Crippen LogP contribution in [0.3, 0.4) is 0 Å². The van der Waals surface area contributed by atoms with Gasteiger partial charge in [0.1, 0.15) is 0 Å². The Morgan fingerprint density at radius 2 is 1.83 bits per heavy atom. The van der Waals surface area contributed by atoms with E-state index < -0.39 is 0 Å². The summed E-state index contributed by atoms with van der Waals surface area (Å²) < 4.78 is 4.67. The predicted octanol–water partition coefficient (Wildman–Crippen LogP) is 2.92. The monoisotopic (exact) mass is 330 g/mol. The van der Waals surface area contributed by atoms with Crippen LogP contribution in [0.2, 0.25) is 0 Å². The fourth-order valence-electron chi connectivity index (χ4n) is 4.03. The molecule has 1 saturated heterocycles. The van der Waals surface area contributed by atoms with Crippen molar-refractivity contribution in [2.45, 2.75) is 32.1 Å². The van der Waals surface area contributed by atoms with E-state index >= 15 is 0 Å². The lowest BCUT2D eigenvalue weighted by Crippen LogP contribution is -2.44. The van der Waals surface area contributed by atoms with Crippen LogP contribution in [0.15, 0.2) is 24.3 Å². The molecule has 1 heterocycles. The number of hydrogen-bond acceptors (Lipinski definition) is 4. The van der Waals surface area contributed by atoms with Gasteiger partial charge in [-0.15, -0.1) is 0 Å². The molecule has 1 amide bonds. The van der Waals surface area contributed by atoms with Crippen molar-refractivity contribution < 1.29 is 14.3 Å². The summed E-state index contributed by atoms with van der Waals surface area (Å²) in [6, 6.07) is 6.79. The molecule has 5 heteroatoms. The molecule has 2 atom stereocenters. The maximum Gasteiger partial charge on any atom is 0.337 e. The second kappa shape index (κ2) is 7.79. The number of rotatable bonds is 4. The third-order valence-electron chi connectivity index (χ3n) is 5.33. The summed E-state index contributed by atoms with van der Waals surface area (Å²) in [6.45, 7) is 2.53. The van der Waals surface area contributed by atoms with Gasteiger partial charge in [0.05, 0.1) is 19.2 Å². The molecule has 1 aromatic rings. The SMILES string of the molecule is COC(=O)c1ccc(NC(=O)CN2CC[C@@H]3CCCC[C@@H]3C2)cc1. The van der Waals surface area contributed by atoms with Gasteiger partial charge in [-0.3, -0.25) is 9.69 Å². The van der Waals surface area contributed by atoms with E-state index in [0.717, 1.165) is 24.9 Å². The second-order valence-electron chi connectivity index (χ2n) is 6.95. The maximum atomic E-state index is 12.3. The summed E-state index contributed by atoms with van der Waals surface area (Å²) in [7, 11) is 1.35. The van der Waals surface area contributed by atoms with E-state index in [0.29, 0.717) is 17.8 Å². The minimum Gasteiger partial charge on any atom is -0.465 e. The second-order valence-corrected chi connectivity index (χ2v) is 6.95. The van der Waals surface area contributed by atoms with Crippen molar-refractivity contribution in [2.75, 3.05) is 32.1 Å². The van der Waals surface area contributed by atoms with Crippen molar-refractivity contribution >= 4 is 17.6 Å². The third-order valence-corrected chi connectivity index (χ3v) is 5.33. The zero-order valence-electron chi connectivity index (χ0n) is 14.3. The van der Waals surface area contributed by atoms with E-state index in [4.69, 9.17) is 0 Å². The Morgan fingerprint density at radius 3 is 2.54 bits per heavy atom. The molecule has 1 aromatic carbocycles. The molecule has 3 rings (SSSR count). The molecular weight excluding hydrogens is 304 g/mol. The summed E-state index contributed by atoms with van der Waals surface area (Å²) in [5, 5.41) is 2.91. The molecule has 0 bridgehead atoms. The number of benzene rings is 1. The number of nitrogens with zero attached hydrogens (tertiary/aromatic N) is 1. The number of fused-ring (bicyclic) bond motifs is 1. The fraction of sp³-hybridized carbons (Fsp3) is 0.579. The van der Waals surface area contributed by atoms with Gasteiger partial charge in [-0.25, -0.2) is 4.79 Å². The molecule has 2 fully saturated rings. The van der Waals surface area contributed by atoms with Crippen LogP contribution in [0.25, 0.3) is 0 Å². The number of methoxy groups -OCH3 is 1. The summed E-state index contributed by atoms with van der Waals surface area (Å²) >= 11 is 0. The molecule has 1 N–H and O–H groups in total. The van der Waals surface area contributed by atoms with Gasteiger partial charge in [0.2, 0.25) is 5.91 Å². The zero-order chi connectivity index (χ0) is 16.9. The Kier molecular flexibility index (Phi) is 5.51. The van der Waals surface area contributed by atoms with Crippen molar-refractivity contribution in [3.63, 3.8) is 0 Å². The Hall–Kier alpha value is -1.88. The quantitative estimate of drug-likeness (QED) is 0.863. The summed E-state index contributed by atoms with van der Waals surface area (Å²) in [6.07, 6.45) is 6.64. The number of esters is 1. The van der Waals surface area contributed by atoms with Gasteiger partial charge in [0.25, 0.3) is 0 Å². The van der Waals surface area contributed by atoms with Gasteiger partial charge in [0.15, 0.2) is 0 Å². The van der Waals surface area contributed by atoms with Crippen LogP contribution in [-0.2, 0) is 9.53 Å². The fourth-order valence-corrected chi connectivity index (χ4v) is 4.03. The largest absolute Gasteiger partial charge is 0.465 e. The lowest BCUT2D eigenvalue weighted by molar-refractivity contribution is -0.118. The molecule has 1 aliphatic heterocycles. The zero-order valence-corrected chi connectivity index (χ0v) is 14.3. The van der Waals surface area contributed by atoms with Gasteiger partial charge in [0, 0.05) is 12.2 Å². The minimum absolute atomic E-state index is 0.00933. The minimum atomic E-state index is -0.372. The van der Waals surface area contributed by atoms with Crippen LogP contribution in [-0.4, -0.2) is 43.5 Å². The summed E-state index contributed by atoms with van der Waals surface area (Å²) in [4.78, 5) is 26.0. The Labute approximate surface area is 143 Å². The van der Waals surface area contributed by atoms with Crippen molar-refractivity contribution in [3.8, 4) is 0 Å². The number of piperidine rings is 1. The van der Waals surface area contributed by atoms with Crippen LogP contribution in [0.1, 0.15) is 42.5 Å². The molecule has 2 aliphatic rings. The van der Waals surface area contributed by atoms with Gasteiger partial charge in [-0.1, -0.05) is 19.3 Å². The molecular formula is C19H26N2O3. The smallest absolute Gasteiger partial charge is 0.337 e. The number of amides is 1. The van der Waals surface area contributed by atoms with Gasteiger partial charge in [-0.2, -0.15) is 0 Å². The number of nitrogens with one attached hydrogen (secondary N) is 1. The highest BCUT2D eigenvalue weighted by molar-refractivity contribution is 5.93. The average Bonchev–Trinajstić information content (AvgIpc) is 2.61. The Morgan fingerprint density at radius 1 is 1.12 bits per heavy atom. The van der Waals surface area contributed by atoms with Gasteiger partial charge >= 0.3 is 5.97 Å².